The number of carbonyl (C=O) groups excluding carboxylic acids is 1. The van der Waals surface area contributed by atoms with Gasteiger partial charge in [-0.15, -0.1) is 0 Å². The van der Waals surface area contributed by atoms with Crippen LogP contribution in [0.4, 0.5) is 0 Å². The molecule has 1 fully saturated rings. The first-order chi connectivity index (χ1) is 9.70. The Kier molecular flexibility index (Phi) is 5.60. The van der Waals surface area contributed by atoms with E-state index < -0.39 is 0 Å². The summed E-state index contributed by atoms with van der Waals surface area (Å²) in [4.78, 5) is 14.6. The third-order valence-corrected chi connectivity index (χ3v) is 4.18. The minimum atomic E-state index is 0.210. The molecule has 1 aliphatic rings. The number of rotatable bonds is 5. The van der Waals surface area contributed by atoms with Gasteiger partial charge in [0, 0.05) is 25.0 Å². The van der Waals surface area contributed by atoms with Crippen LogP contribution in [0.1, 0.15) is 32.3 Å². The second-order valence-electron chi connectivity index (χ2n) is 5.73. The van der Waals surface area contributed by atoms with Crippen LogP contribution in [0.25, 0.3) is 0 Å². The van der Waals surface area contributed by atoms with Gasteiger partial charge in [-0.3, -0.25) is 4.79 Å². The van der Waals surface area contributed by atoms with Crippen LogP contribution in [0.5, 0.6) is 0 Å². The van der Waals surface area contributed by atoms with Crippen LogP contribution in [-0.4, -0.2) is 36.5 Å². The van der Waals surface area contributed by atoms with Gasteiger partial charge in [0.05, 0.1) is 0 Å². The van der Waals surface area contributed by atoms with Crippen LogP contribution in [0, 0.1) is 5.92 Å². The maximum Gasteiger partial charge on any atom is 0.225 e. The Morgan fingerprint density at radius 2 is 2.10 bits per heavy atom. The maximum absolute atomic E-state index is 12.6. The summed E-state index contributed by atoms with van der Waals surface area (Å²) in [5.74, 6) is 0.554. The molecule has 0 radical (unpaired) electrons. The molecular formula is C17H26N2O. The first-order valence-corrected chi connectivity index (χ1v) is 7.76. The van der Waals surface area contributed by atoms with Gasteiger partial charge in [0.25, 0.3) is 0 Å². The number of amides is 1. The summed E-state index contributed by atoms with van der Waals surface area (Å²) in [7, 11) is 0. The molecule has 20 heavy (non-hydrogen) atoms. The molecule has 1 aliphatic heterocycles. The Balaban J connectivity index is 1.88. The van der Waals surface area contributed by atoms with Gasteiger partial charge in [0.1, 0.15) is 0 Å². The normalized spacial score (nSPS) is 22.5. The SMILES string of the molecule is CCN(CCc1ccccc1)C(=O)[C@H]1CCN[C@@H](C)C1. The van der Waals surface area contributed by atoms with Crippen molar-refractivity contribution in [2.75, 3.05) is 19.6 Å². The van der Waals surface area contributed by atoms with Crippen molar-refractivity contribution in [3.8, 4) is 0 Å². The molecule has 1 amide bonds. The Bertz CT molecular complexity index is 418. The van der Waals surface area contributed by atoms with Crippen molar-refractivity contribution in [2.45, 2.75) is 39.2 Å². The van der Waals surface area contributed by atoms with Crippen LogP contribution in [0.2, 0.25) is 0 Å². The molecular weight excluding hydrogens is 248 g/mol. The first kappa shape index (κ1) is 15.0. The summed E-state index contributed by atoms with van der Waals surface area (Å²) in [5, 5.41) is 3.41. The molecule has 0 spiro atoms. The monoisotopic (exact) mass is 274 g/mol. The molecule has 1 N–H and O–H groups in total. The van der Waals surface area contributed by atoms with E-state index in [2.05, 4.69) is 43.4 Å². The van der Waals surface area contributed by atoms with E-state index in [1.165, 1.54) is 5.56 Å². The van der Waals surface area contributed by atoms with Crippen molar-refractivity contribution < 1.29 is 4.79 Å². The highest BCUT2D eigenvalue weighted by atomic mass is 16.2. The number of carbonyl (C=O) groups is 1. The molecule has 1 aromatic carbocycles. The fraction of sp³-hybridized carbons (Fsp3) is 0.588. The highest BCUT2D eigenvalue weighted by Gasteiger charge is 2.27. The average Bonchev–Trinajstić information content (AvgIpc) is 2.48. The number of nitrogens with one attached hydrogen (secondary N) is 1. The Hall–Kier alpha value is -1.35. The summed E-state index contributed by atoms with van der Waals surface area (Å²) in [6.45, 7) is 6.85. The van der Waals surface area contributed by atoms with Gasteiger partial charge < -0.3 is 10.2 Å². The predicted octanol–water partition coefficient (Wildman–Crippen LogP) is 2.47. The minimum absolute atomic E-state index is 0.210. The van der Waals surface area contributed by atoms with Gasteiger partial charge in [-0.2, -0.15) is 0 Å². The Morgan fingerprint density at radius 3 is 2.75 bits per heavy atom. The number of likely N-dealkylation sites (N-methyl/N-ethyl adjacent to an activating group) is 1. The molecule has 3 nitrogen and oxygen atoms in total. The van der Waals surface area contributed by atoms with Crippen LogP contribution in [0.15, 0.2) is 30.3 Å². The van der Waals surface area contributed by atoms with E-state index in [1.807, 2.05) is 11.0 Å². The highest BCUT2D eigenvalue weighted by Crippen LogP contribution is 2.19. The second-order valence-corrected chi connectivity index (χ2v) is 5.73. The summed E-state index contributed by atoms with van der Waals surface area (Å²) in [6.07, 6.45) is 2.90. The molecule has 2 atom stereocenters. The molecule has 2 rings (SSSR count). The van der Waals surface area contributed by atoms with Gasteiger partial charge in [-0.25, -0.2) is 0 Å². The maximum atomic E-state index is 12.6. The topological polar surface area (TPSA) is 32.3 Å². The molecule has 0 bridgehead atoms. The molecule has 0 aromatic heterocycles. The lowest BCUT2D eigenvalue weighted by Gasteiger charge is -2.31. The number of hydrogen-bond acceptors (Lipinski definition) is 2. The van der Waals surface area contributed by atoms with Gasteiger partial charge >= 0.3 is 0 Å². The molecule has 3 heteroatoms. The number of hydrogen-bond donors (Lipinski definition) is 1. The number of benzene rings is 1. The van der Waals surface area contributed by atoms with Gasteiger partial charge in [0.2, 0.25) is 5.91 Å². The van der Waals surface area contributed by atoms with E-state index in [0.29, 0.717) is 11.9 Å². The highest BCUT2D eigenvalue weighted by molar-refractivity contribution is 5.79. The molecule has 1 saturated heterocycles. The average molecular weight is 274 g/mol. The van der Waals surface area contributed by atoms with Gasteiger partial charge in [0.15, 0.2) is 0 Å². The summed E-state index contributed by atoms with van der Waals surface area (Å²) < 4.78 is 0. The fourth-order valence-corrected chi connectivity index (χ4v) is 2.95. The van der Waals surface area contributed by atoms with E-state index in [9.17, 15) is 4.79 Å². The number of piperidine rings is 1. The molecule has 1 heterocycles. The third-order valence-electron chi connectivity index (χ3n) is 4.18. The lowest BCUT2D eigenvalue weighted by molar-refractivity contribution is -0.136. The predicted molar refractivity (Wildman–Crippen MR) is 82.6 cm³/mol. The molecule has 0 unspecified atom stereocenters. The number of nitrogens with zero attached hydrogens (tertiary/aromatic N) is 1. The fourth-order valence-electron chi connectivity index (χ4n) is 2.95. The van der Waals surface area contributed by atoms with Gasteiger partial charge in [-0.1, -0.05) is 30.3 Å². The van der Waals surface area contributed by atoms with Crippen molar-refractivity contribution in [1.29, 1.82) is 0 Å². The first-order valence-electron chi connectivity index (χ1n) is 7.76. The molecule has 110 valence electrons. The summed E-state index contributed by atoms with van der Waals surface area (Å²) in [5.41, 5.74) is 1.30. The largest absolute Gasteiger partial charge is 0.342 e. The molecule has 1 aromatic rings. The minimum Gasteiger partial charge on any atom is -0.342 e. The van der Waals surface area contributed by atoms with Crippen molar-refractivity contribution in [3.63, 3.8) is 0 Å². The summed E-state index contributed by atoms with van der Waals surface area (Å²) >= 11 is 0. The van der Waals surface area contributed by atoms with Gasteiger partial charge in [-0.05, 0) is 45.2 Å². The van der Waals surface area contributed by atoms with Crippen molar-refractivity contribution in [1.82, 2.24) is 10.2 Å². The summed E-state index contributed by atoms with van der Waals surface area (Å²) in [6, 6.07) is 10.9. The van der Waals surface area contributed by atoms with Crippen molar-refractivity contribution in [3.05, 3.63) is 35.9 Å². The van der Waals surface area contributed by atoms with Crippen LogP contribution >= 0.6 is 0 Å². The van der Waals surface area contributed by atoms with E-state index in [1.54, 1.807) is 0 Å². The lowest BCUT2D eigenvalue weighted by atomic mass is 9.92. The van der Waals surface area contributed by atoms with E-state index in [4.69, 9.17) is 0 Å². The lowest BCUT2D eigenvalue weighted by Crippen LogP contribution is -2.44. The van der Waals surface area contributed by atoms with Crippen molar-refractivity contribution >= 4 is 5.91 Å². The zero-order chi connectivity index (χ0) is 14.4. The van der Waals surface area contributed by atoms with E-state index >= 15 is 0 Å². The molecule has 0 saturated carbocycles. The van der Waals surface area contributed by atoms with E-state index in [0.717, 1.165) is 38.9 Å². The quantitative estimate of drug-likeness (QED) is 0.894. The standard InChI is InChI=1S/C17H26N2O/c1-3-19(12-10-15-7-5-4-6-8-15)17(20)16-9-11-18-14(2)13-16/h4-8,14,16,18H,3,9-13H2,1-2H3/t14-,16-/m0/s1. The van der Waals surface area contributed by atoms with Crippen LogP contribution in [-0.2, 0) is 11.2 Å². The second kappa shape index (κ2) is 7.44. The third kappa shape index (κ3) is 4.07. The smallest absolute Gasteiger partial charge is 0.225 e. The zero-order valence-corrected chi connectivity index (χ0v) is 12.6. The zero-order valence-electron chi connectivity index (χ0n) is 12.6. The Labute approximate surface area is 122 Å². The van der Waals surface area contributed by atoms with E-state index in [-0.39, 0.29) is 5.92 Å². The van der Waals surface area contributed by atoms with Crippen LogP contribution < -0.4 is 5.32 Å². The van der Waals surface area contributed by atoms with Crippen LogP contribution in [0.3, 0.4) is 0 Å². The molecule has 0 aliphatic carbocycles. The van der Waals surface area contributed by atoms with Crippen molar-refractivity contribution in [2.24, 2.45) is 5.92 Å². The Morgan fingerprint density at radius 1 is 1.35 bits per heavy atom.